The van der Waals surface area contributed by atoms with Crippen LogP contribution in [0.1, 0.15) is 24.9 Å². The first kappa shape index (κ1) is 12.5. The summed E-state index contributed by atoms with van der Waals surface area (Å²) in [6.45, 7) is 4.14. The van der Waals surface area contributed by atoms with E-state index < -0.39 is 0 Å². The molecule has 1 aromatic rings. The fraction of sp³-hybridized carbons (Fsp3) is 0.583. The van der Waals surface area contributed by atoms with Crippen LogP contribution in [0.4, 0.5) is 0 Å². The molecule has 1 saturated heterocycles. The molecule has 2 rings (SSSR count). The maximum atomic E-state index is 11.5. The Morgan fingerprint density at radius 1 is 1.65 bits per heavy atom. The first-order valence-corrected chi connectivity index (χ1v) is 6.95. The van der Waals surface area contributed by atoms with E-state index in [1.54, 1.807) is 11.3 Å². The molecule has 3 N–H and O–H groups in total. The quantitative estimate of drug-likeness (QED) is 0.840. The van der Waals surface area contributed by atoms with Gasteiger partial charge in [-0.1, -0.05) is 6.92 Å². The zero-order valence-electron chi connectivity index (χ0n) is 10.1. The van der Waals surface area contributed by atoms with E-state index in [0.29, 0.717) is 6.54 Å². The Morgan fingerprint density at radius 3 is 3.06 bits per heavy atom. The first-order valence-electron chi connectivity index (χ1n) is 6.00. The van der Waals surface area contributed by atoms with E-state index >= 15 is 0 Å². The van der Waals surface area contributed by atoms with Crippen molar-refractivity contribution in [2.24, 2.45) is 5.73 Å². The first-order chi connectivity index (χ1) is 8.22. The molecule has 4 nitrogen and oxygen atoms in total. The molecule has 94 valence electrons. The number of nitrogens with two attached hydrogens (primary N) is 1. The van der Waals surface area contributed by atoms with Crippen LogP contribution in [0.3, 0.4) is 0 Å². The smallest absolute Gasteiger partial charge is 0.234 e. The van der Waals surface area contributed by atoms with Crippen LogP contribution in [0, 0.1) is 0 Å². The Hall–Kier alpha value is -0.910. The van der Waals surface area contributed by atoms with Gasteiger partial charge in [-0.3, -0.25) is 9.69 Å². The molecule has 0 aromatic carbocycles. The highest BCUT2D eigenvalue weighted by molar-refractivity contribution is 7.07. The molecule has 2 atom stereocenters. The molecule has 2 heterocycles. The lowest BCUT2D eigenvalue weighted by molar-refractivity contribution is -0.125. The highest BCUT2D eigenvalue weighted by atomic mass is 32.1. The van der Waals surface area contributed by atoms with E-state index in [9.17, 15) is 4.79 Å². The molecule has 0 bridgehead atoms. The van der Waals surface area contributed by atoms with Crippen molar-refractivity contribution < 1.29 is 4.79 Å². The summed E-state index contributed by atoms with van der Waals surface area (Å²) in [5, 5.41) is 7.05. The molecule has 1 aromatic heterocycles. The van der Waals surface area contributed by atoms with Gasteiger partial charge in [0, 0.05) is 19.1 Å². The lowest BCUT2D eigenvalue weighted by atomic mass is 9.98. The number of amides is 1. The maximum Gasteiger partial charge on any atom is 0.234 e. The van der Waals surface area contributed by atoms with Crippen molar-refractivity contribution in [3.63, 3.8) is 0 Å². The van der Waals surface area contributed by atoms with Gasteiger partial charge in [0.2, 0.25) is 5.91 Å². The van der Waals surface area contributed by atoms with Crippen LogP contribution >= 0.6 is 11.3 Å². The Kier molecular flexibility index (Phi) is 4.15. The molecule has 0 saturated carbocycles. The minimum atomic E-state index is 0.0792. The van der Waals surface area contributed by atoms with Crippen LogP contribution in [0.25, 0.3) is 0 Å². The second-order valence-electron chi connectivity index (χ2n) is 4.39. The van der Waals surface area contributed by atoms with Gasteiger partial charge in [0.25, 0.3) is 0 Å². The normalized spacial score (nSPS) is 20.9. The number of rotatable bonds is 4. The van der Waals surface area contributed by atoms with E-state index in [0.717, 1.165) is 19.5 Å². The van der Waals surface area contributed by atoms with Gasteiger partial charge >= 0.3 is 0 Å². The van der Waals surface area contributed by atoms with Gasteiger partial charge < -0.3 is 11.1 Å². The zero-order valence-corrected chi connectivity index (χ0v) is 10.9. The molecule has 1 fully saturated rings. The Morgan fingerprint density at radius 2 is 2.47 bits per heavy atom. The van der Waals surface area contributed by atoms with Crippen molar-refractivity contribution in [2.45, 2.75) is 25.4 Å². The number of piperazine rings is 1. The summed E-state index contributed by atoms with van der Waals surface area (Å²) in [5.41, 5.74) is 7.45. The Bertz CT molecular complexity index is 366. The predicted molar refractivity (Wildman–Crippen MR) is 69.9 cm³/mol. The Balaban J connectivity index is 2.18. The van der Waals surface area contributed by atoms with E-state index in [-0.39, 0.29) is 18.0 Å². The van der Waals surface area contributed by atoms with Gasteiger partial charge in [-0.15, -0.1) is 0 Å². The second-order valence-corrected chi connectivity index (χ2v) is 5.17. The summed E-state index contributed by atoms with van der Waals surface area (Å²) in [6, 6.07) is 2.35. The predicted octanol–water partition coefficient (Wildman–Crippen LogP) is 0.958. The SMILES string of the molecule is CCC(N)C(c1ccsc1)N1CCNC(=O)C1. The second kappa shape index (κ2) is 5.62. The Labute approximate surface area is 106 Å². The van der Waals surface area contributed by atoms with Gasteiger partial charge in [-0.05, 0) is 28.8 Å². The minimum Gasteiger partial charge on any atom is -0.354 e. The zero-order chi connectivity index (χ0) is 12.3. The average Bonchev–Trinajstić information content (AvgIpc) is 2.83. The number of nitrogens with one attached hydrogen (secondary N) is 1. The summed E-state index contributed by atoms with van der Waals surface area (Å²) in [4.78, 5) is 13.7. The fourth-order valence-corrected chi connectivity index (χ4v) is 2.98. The summed E-state index contributed by atoms with van der Waals surface area (Å²) in [5.74, 6) is 0.0970. The molecule has 0 radical (unpaired) electrons. The lowest BCUT2D eigenvalue weighted by Crippen LogP contribution is -2.52. The standard InChI is InChI=1S/C12H19N3OS/c1-2-10(13)12(9-3-6-17-8-9)15-5-4-14-11(16)7-15/h3,6,8,10,12H,2,4-5,7,13H2,1H3,(H,14,16). The summed E-state index contributed by atoms with van der Waals surface area (Å²) in [6.07, 6.45) is 0.915. The van der Waals surface area contributed by atoms with Crippen molar-refractivity contribution in [3.8, 4) is 0 Å². The van der Waals surface area contributed by atoms with Crippen molar-refractivity contribution in [1.29, 1.82) is 0 Å². The summed E-state index contributed by atoms with van der Waals surface area (Å²) >= 11 is 1.68. The van der Waals surface area contributed by atoms with Crippen molar-refractivity contribution >= 4 is 17.2 Å². The maximum absolute atomic E-state index is 11.5. The number of nitrogens with zero attached hydrogens (tertiary/aromatic N) is 1. The third-order valence-corrected chi connectivity index (χ3v) is 3.92. The molecule has 2 unspecified atom stereocenters. The largest absolute Gasteiger partial charge is 0.354 e. The molecule has 1 aliphatic heterocycles. The molecule has 17 heavy (non-hydrogen) atoms. The van der Waals surface area contributed by atoms with E-state index in [1.807, 2.05) is 0 Å². The summed E-state index contributed by atoms with van der Waals surface area (Å²) < 4.78 is 0. The van der Waals surface area contributed by atoms with Crippen LogP contribution in [0.15, 0.2) is 16.8 Å². The fourth-order valence-electron chi connectivity index (χ4n) is 2.29. The molecule has 0 spiro atoms. The monoisotopic (exact) mass is 253 g/mol. The van der Waals surface area contributed by atoms with Crippen LogP contribution < -0.4 is 11.1 Å². The van der Waals surface area contributed by atoms with E-state index in [4.69, 9.17) is 5.73 Å². The van der Waals surface area contributed by atoms with E-state index in [1.165, 1.54) is 5.56 Å². The van der Waals surface area contributed by atoms with Crippen LogP contribution in [0.2, 0.25) is 0 Å². The number of carbonyl (C=O) groups is 1. The number of carbonyl (C=O) groups excluding carboxylic acids is 1. The molecule has 1 aliphatic rings. The highest BCUT2D eigenvalue weighted by Gasteiger charge is 2.29. The van der Waals surface area contributed by atoms with Gasteiger partial charge in [-0.25, -0.2) is 0 Å². The van der Waals surface area contributed by atoms with Crippen LogP contribution in [-0.2, 0) is 4.79 Å². The van der Waals surface area contributed by atoms with Gasteiger partial charge in [0.05, 0.1) is 12.6 Å². The van der Waals surface area contributed by atoms with E-state index in [2.05, 4.69) is 34.0 Å². The van der Waals surface area contributed by atoms with Crippen LogP contribution in [-0.4, -0.2) is 36.5 Å². The minimum absolute atomic E-state index is 0.0792. The van der Waals surface area contributed by atoms with Crippen molar-refractivity contribution in [1.82, 2.24) is 10.2 Å². The molecule has 0 aliphatic carbocycles. The average molecular weight is 253 g/mol. The molecular formula is C12H19N3OS. The third-order valence-electron chi connectivity index (χ3n) is 3.22. The topological polar surface area (TPSA) is 58.4 Å². The number of thiophene rings is 1. The number of hydrogen-bond acceptors (Lipinski definition) is 4. The van der Waals surface area contributed by atoms with Crippen LogP contribution in [0.5, 0.6) is 0 Å². The van der Waals surface area contributed by atoms with Gasteiger partial charge in [-0.2, -0.15) is 11.3 Å². The molecule has 5 heteroatoms. The summed E-state index contributed by atoms with van der Waals surface area (Å²) in [7, 11) is 0. The van der Waals surface area contributed by atoms with Crippen molar-refractivity contribution in [3.05, 3.63) is 22.4 Å². The highest BCUT2D eigenvalue weighted by Crippen LogP contribution is 2.27. The van der Waals surface area contributed by atoms with Crippen molar-refractivity contribution in [2.75, 3.05) is 19.6 Å². The lowest BCUT2D eigenvalue weighted by Gasteiger charge is -2.37. The van der Waals surface area contributed by atoms with Gasteiger partial charge in [0.15, 0.2) is 0 Å². The third kappa shape index (κ3) is 2.86. The number of hydrogen-bond donors (Lipinski definition) is 2. The van der Waals surface area contributed by atoms with Gasteiger partial charge in [0.1, 0.15) is 0 Å². The molecule has 1 amide bonds. The molecular weight excluding hydrogens is 234 g/mol.